The zero-order chi connectivity index (χ0) is 20.4. The second-order valence-electron chi connectivity index (χ2n) is 7.92. The van der Waals surface area contributed by atoms with Crippen LogP contribution in [0.3, 0.4) is 0 Å². The van der Waals surface area contributed by atoms with Crippen molar-refractivity contribution in [1.82, 2.24) is 9.97 Å². The van der Waals surface area contributed by atoms with E-state index in [2.05, 4.69) is 53.3 Å². The Morgan fingerprint density at radius 3 is 2.59 bits per heavy atom. The van der Waals surface area contributed by atoms with Crippen LogP contribution in [0.25, 0.3) is 11.3 Å². The van der Waals surface area contributed by atoms with Gasteiger partial charge in [-0.2, -0.15) is 0 Å². The summed E-state index contributed by atoms with van der Waals surface area (Å²) in [5, 5.41) is 3.03. The summed E-state index contributed by atoms with van der Waals surface area (Å²) in [5.41, 5.74) is 6.25. The molecule has 1 heterocycles. The molecule has 0 fully saturated rings. The van der Waals surface area contributed by atoms with Crippen molar-refractivity contribution in [2.75, 3.05) is 5.32 Å². The molecule has 0 atom stereocenters. The fraction of sp³-hybridized carbons (Fsp3) is 0.292. The van der Waals surface area contributed by atoms with E-state index in [9.17, 15) is 4.79 Å². The summed E-state index contributed by atoms with van der Waals surface area (Å²) in [4.78, 5) is 22.5. The maximum absolute atomic E-state index is 12.7. The van der Waals surface area contributed by atoms with Gasteiger partial charge in [0.15, 0.2) is 5.82 Å². The van der Waals surface area contributed by atoms with Gasteiger partial charge < -0.3 is 5.32 Å². The van der Waals surface area contributed by atoms with E-state index in [0.29, 0.717) is 18.2 Å². The van der Waals surface area contributed by atoms with Crippen LogP contribution in [0.1, 0.15) is 36.4 Å². The van der Waals surface area contributed by atoms with Crippen molar-refractivity contribution < 1.29 is 4.79 Å². The van der Waals surface area contributed by atoms with E-state index in [4.69, 9.17) is 9.97 Å². The molecule has 0 bridgehead atoms. The first-order chi connectivity index (χ1) is 14.0. The van der Waals surface area contributed by atoms with Gasteiger partial charge in [-0.15, -0.1) is 0 Å². The van der Waals surface area contributed by atoms with Crippen LogP contribution in [-0.2, 0) is 30.5 Å². The van der Waals surface area contributed by atoms with Gasteiger partial charge in [-0.25, -0.2) is 9.97 Å². The van der Waals surface area contributed by atoms with E-state index < -0.39 is 0 Å². The van der Waals surface area contributed by atoms with Gasteiger partial charge in [-0.05, 0) is 48.4 Å². The van der Waals surface area contributed by atoms with Crippen LogP contribution in [0.4, 0.5) is 5.82 Å². The number of amides is 1. The highest BCUT2D eigenvalue weighted by Crippen LogP contribution is 2.33. The topological polar surface area (TPSA) is 54.9 Å². The van der Waals surface area contributed by atoms with Gasteiger partial charge in [-0.1, -0.05) is 66.2 Å². The van der Waals surface area contributed by atoms with Crippen LogP contribution in [0.15, 0.2) is 53.0 Å². The predicted molar refractivity (Wildman–Crippen MR) is 120 cm³/mol. The molecule has 148 valence electrons. The largest absolute Gasteiger partial charge is 0.309 e. The van der Waals surface area contributed by atoms with Gasteiger partial charge >= 0.3 is 0 Å². The molecule has 0 aliphatic heterocycles. The van der Waals surface area contributed by atoms with Crippen molar-refractivity contribution in [1.29, 1.82) is 0 Å². The van der Waals surface area contributed by atoms with Crippen LogP contribution in [0, 0.1) is 5.92 Å². The predicted octanol–water partition coefficient (Wildman–Crippen LogP) is 5.38. The molecule has 3 aromatic rings. The lowest BCUT2D eigenvalue weighted by Crippen LogP contribution is -2.20. The van der Waals surface area contributed by atoms with Crippen LogP contribution in [-0.4, -0.2) is 15.9 Å². The molecular formula is C24H24BrN3O. The Morgan fingerprint density at radius 1 is 1.07 bits per heavy atom. The molecular weight excluding hydrogens is 426 g/mol. The number of carbonyl (C=O) groups is 1. The number of aryl methyl sites for hydroxylation is 2. The van der Waals surface area contributed by atoms with E-state index >= 15 is 0 Å². The third-order valence-corrected chi connectivity index (χ3v) is 5.61. The monoisotopic (exact) mass is 449 g/mol. The average molecular weight is 450 g/mol. The van der Waals surface area contributed by atoms with Gasteiger partial charge in [-0.3, -0.25) is 4.79 Å². The van der Waals surface area contributed by atoms with Crippen LogP contribution < -0.4 is 5.32 Å². The maximum Gasteiger partial charge on any atom is 0.229 e. The molecule has 0 unspecified atom stereocenters. The Hall–Kier alpha value is -2.53. The minimum absolute atomic E-state index is 0.0669. The Balaban J connectivity index is 1.64. The van der Waals surface area contributed by atoms with E-state index in [1.807, 2.05) is 30.3 Å². The van der Waals surface area contributed by atoms with Gasteiger partial charge in [0.1, 0.15) is 0 Å². The van der Waals surface area contributed by atoms with E-state index in [0.717, 1.165) is 46.4 Å². The van der Waals surface area contributed by atoms with Crippen LogP contribution >= 0.6 is 15.9 Å². The lowest BCUT2D eigenvalue weighted by atomic mass is 9.91. The molecule has 1 amide bonds. The number of nitrogens with zero attached hydrogens (tertiary/aromatic N) is 2. The minimum Gasteiger partial charge on any atom is -0.309 e. The molecule has 5 heteroatoms. The summed E-state index contributed by atoms with van der Waals surface area (Å²) in [7, 11) is 0. The summed E-state index contributed by atoms with van der Waals surface area (Å²) in [5.74, 6) is 0.963. The van der Waals surface area contributed by atoms with E-state index in [1.165, 1.54) is 11.1 Å². The minimum atomic E-state index is -0.0669. The first-order valence-electron chi connectivity index (χ1n) is 10.0. The number of carbonyl (C=O) groups excluding carboxylic acids is 1. The van der Waals surface area contributed by atoms with Crippen LogP contribution in [0.5, 0.6) is 0 Å². The van der Waals surface area contributed by atoms with Crippen molar-refractivity contribution >= 4 is 27.7 Å². The molecule has 1 aliphatic rings. The Kier molecular flexibility index (Phi) is 5.76. The van der Waals surface area contributed by atoms with Crippen molar-refractivity contribution in [3.63, 3.8) is 0 Å². The number of benzene rings is 2. The standard InChI is InChI=1S/C24H24BrN3O/c1-15(2)13-21-24(28-22(29)14-16-7-10-18(25)11-8-16)27-20-12-9-17-5-3-4-6-19(17)23(20)26-21/h3-8,10-11,15H,9,12-14H2,1-2H3,(H,27,28,29). The normalized spacial score (nSPS) is 12.4. The number of fused-ring (bicyclic) bond motifs is 3. The number of halogens is 1. The second-order valence-corrected chi connectivity index (χ2v) is 8.84. The molecule has 0 spiro atoms. The van der Waals surface area contributed by atoms with Gasteiger partial charge in [0, 0.05) is 10.0 Å². The number of hydrogen-bond donors (Lipinski definition) is 1. The smallest absolute Gasteiger partial charge is 0.229 e. The third kappa shape index (κ3) is 4.56. The molecule has 1 N–H and O–H groups in total. The third-order valence-electron chi connectivity index (χ3n) is 5.08. The number of nitrogens with one attached hydrogen (secondary N) is 1. The zero-order valence-corrected chi connectivity index (χ0v) is 18.3. The SMILES string of the molecule is CC(C)Cc1nc2c(nc1NC(=O)Cc1ccc(Br)cc1)CCc1ccccc1-2. The highest BCUT2D eigenvalue weighted by Gasteiger charge is 2.22. The van der Waals surface area contributed by atoms with Crippen molar-refractivity contribution in [3.05, 3.63) is 75.5 Å². The molecule has 0 saturated heterocycles. The summed E-state index contributed by atoms with van der Waals surface area (Å²) in [6, 6.07) is 16.2. The van der Waals surface area contributed by atoms with Gasteiger partial charge in [0.05, 0.1) is 23.5 Å². The summed E-state index contributed by atoms with van der Waals surface area (Å²) in [6.07, 6.45) is 2.89. The fourth-order valence-electron chi connectivity index (χ4n) is 3.71. The number of aromatic nitrogens is 2. The van der Waals surface area contributed by atoms with Crippen molar-refractivity contribution in [2.24, 2.45) is 5.92 Å². The quantitative estimate of drug-likeness (QED) is 0.568. The van der Waals surface area contributed by atoms with E-state index in [1.54, 1.807) is 0 Å². The van der Waals surface area contributed by atoms with E-state index in [-0.39, 0.29) is 5.91 Å². The molecule has 4 rings (SSSR count). The summed E-state index contributed by atoms with van der Waals surface area (Å²) in [6.45, 7) is 4.31. The maximum atomic E-state index is 12.7. The molecule has 0 saturated carbocycles. The average Bonchev–Trinajstić information content (AvgIpc) is 2.70. The summed E-state index contributed by atoms with van der Waals surface area (Å²) >= 11 is 3.43. The highest BCUT2D eigenvalue weighted by molar-refractivity contribution is 9.10. The molecule has 2 aromatic carbocycles. The van der Waals surface area contributed by atoms with Crippen molar-refractivity contribution in [3.8, 4) is 11.3 Å². The second kappa shape index (κ2) is 8.46. The Morgan fingerprint density at radius 2 is 1.83 bits per heavy atom. The lowest BCUT2D eigenvalue weighted by Gasteiger charge is -2.21. The fourth-order valence-corrected chi connectivity index (χ4v) is 3.97. The molecule has 1 aromatic heterocycles. The molecule has 0 radical (unpaired) electrons. The van der Waals surface area contributed by atoms with Gasteiger partial charge in [0.2, 0.25) is 5.91 Å². The van der Waals surface area contributed by atoms with Crippen LogP contribution in [0.2, 0.25) is 0 Å². The Labute approximate surface area is 179 Å². The van der Waals surface area contributed by atoms with Gasteiger partial charge in [0.25, 0.3) is 0 Å². The first-order valence-corrected chi connectivity index (χ1v) is 10.8. The lowest BCUT2D eigenvalue weighted by molar-refractivity contribution is -0.115. The number of anilines is 1. The zero-order valence-electron chi connectivity index (χ0n) is 16.7. The Bertz CT molecular complexity index is 1040. The number of rotatable bonds is 5. The number of hydrogen-bond acceptors (Lipinski definition) is 3. The molecule has 4 nitrogen and oxygen atoms in total. The highest BCUT2D eigenvalue weighted by atomic mass is 79.9. The first kappa shape index (κ1) is 19.8. The molecule has 29 heavy (non-hydrogen) atoms. The van der Waals surface area contributed by atoms with Crippen molar-refractivity contribution in [2.45, 2.75) is 39.5 Å². The summed E-state index contributed by atoms with van der Waals surface area (Å²) < 4.78 is 1.00. The molecule has 1 aliphatic carbocycles.